The maximum absolute atomic E-state index is 9.03. The Balaban J connectivity index is 2.71. The number of hydrogen-bond acceptors (Lipinski definition) is 4. The van der Waals surface area contributed by atoms with E-state index in [-0.39, 0.29) is 11.0 Å². The number of nitriles is 1. The van der Waals surface area contributed by atoms with Crippen molar-refractivity contribution in [3.8, 4) is 11.8 Å². The molecule has 0 aliphatic carbocycles. The van der Waals surface area contributed by atoms with E-state index < -0.39 is 0 Å². The Morgan fingerprint density at radius 1 is 1.24 bits per heavy atom. The summed E-state index contributed by atoms with van der Waals surface area (Å²) in [5.74, 6) is 0.797. The van der Waals surface area contributed by atoms with Crippen LogP contribution in [0.1, 0.15) is 52.4 Å². The number of aryl methyl sites for hydroxylation is 1. The maximum Gasteiger partial charge on any atom is 0.142 e. The predicted molar refractivity (Wildman–Crippen MR) is 85.1 cm³/mol. The summed E-state index contributed by atoms with van der Waals surface area (Å²) in [6.07, 6.45) is 0.698. The van der Waals surface area contributed by atoms with Gasteiger partial charge < -0.3 is 10.1 Å². The fraction of sp³-hybridized carbons (Fsp3) is 0.647. The van der Waals surface area contributed by atoms with Crippen LogP contribution >= 0.6 is 0 Å². The Hall–Kier alpha value is -1.60. The number of aromatic nitrogens is 1. The monoisotopic (exact) mass is 289 g/mol. The summed E-state index contributed by atoms with van der Waals surface area (Å²) >= 11 is 0. The first-order chi connectivity index (χ1) is 9.63. The minimum atomic E-state index is -0.359. The van der Waals surface area contributed by atoms with Gasteiger partial charge in [0.2, 0.25) is 0 Å². The summed E-state index contributed by atoms with van der Waals surface area (Å²) in [6, 6.07) is 6.20. The minimum Gasteiger partial charge on any atom is -0.492 e. The molecule has 0 aliphatic rings. The van der Waals surface area contributed by atoms with Crippen molar-refractivity contribution < 1.29 is 4.74 Å². The summed E-state index contributed by atoms with van der Waals surface area (Å²) in [6.45, 7) is 13.4. The molecule has 4 nitrogen and oxygen atoms in total. The molecule has 1 N–H and O–H groups in total. The average Bonchev–Trinajstić information content (AvgIpc) is 2.37. The third-order valence-corrected chi connectivity index (χ3v) is 3.15. The van der Waals surface area contributed by atoms with Crippen molar-refractivity contribution in [2.75, 3.05) is 6.61 Å². The van der Waals surface area contributed by atoms with Gasteiger partial charge in [0.1, 0.15) is 5.75 Å². The van der Waals surface area contributed by atoms with Gasteiger partial charge in [0, 0.05) is 17.8 Å². The van der Waals surface area contributed by atoms with Crippen molar-refractivity contribution in [3.05, 3.63) is 23.5 Å². The SMILES string of the molecule is Cc1ccc(OCCC(C)(C)C#N)c(CNC(C)(C)C)n1. The molecule has 1 aromatic rings. The normalized spacial score (nSPS) is 12.0. The molecule has 0 atom stereocenters. The molecular formula is C17H27N3O. The summed E-state index contributed by atoms with van der Waals surface area (Å²) in [5, 5.41) is 12.5. The number of ether oxygens (including phenoxy) is 1. The fourth-order valence-corrected chi connectivity index (χ4v) is 1.68. The van der Waals surface area contributed by atoms with Crippen molar-refractivity contribution in [1.82, 2.24) is 10.3 Å². The fourth-order valence-electron chi connectivity index (χ4n) is 1.68. The van der Waals surface area contributed by atoms with Gasteiger partial charge in [-0.2, -0.15) is 5.26 Å². The lowest BCUT2D eigenvalue weighted by molar-refractivity contribution is 0.259. The van der Waals surface area contributed by atoms with Gasteiger partial charge in [-0.1, -0.05) is 0 Å². The van der Waals surface area contributed by atoms with E-state index in [2.05, 4.69) is 37.1 Å². The zero-order valence-corrected chi connectivity index (χ0v) is 14.1. The molecule has 0 unspecified atom stereocenters. The molecule has 0 saturated carbocycles. The van der Waals surface area contributed by atoms with Crippen LogP contribution in [0.5, 0.6) is 5.75 Å². The van der Waals surface area contributed by atoms with Gasteiger partial charge in [-0.3, -0.25) is 4.98 Å². The Bertz CT molecular complexity index is 510. The number of nitrogens with zero attached hydrogens (tertiary/aromatic N) is 2. The van der Waals surface area contributed by atoms with Crippen molar-refractivity contribution in [2.24, 2.45) is 5.41 Å². The quantitative estimate of drug-likeness (QED) is 0.869. The summed E-state index contributed by atoms with van der Waals surface area (Å²) in [4.78, 5) is 4.56. The van der Waals surface area contributed by atoms with E-state index in [9.17, 15) is 0 Å². The highest BCUT2D eigenvalue weighted by Gasteiger charge is 2.17. The smallest absolute Gasteiger partial charge is 0.142 e. The Morgan fingerprint density at radius 2 is 1.90 bits per heavy atom. The molecule has 1 heterocycles. The van der Waals surface area contributed by atoms with Crippen molar-refractivity contribution in [1.29, 1.82) is 5.26 Å². The van der Waals surface area contributed by atoms with Crippen molar-refractivity contribution >= 4 is 0 Å². The average molecular weight is 289 g/mol. The van der Waals surface area contributed by atoms with Crippen LogP contribution in [-0.2, 0) is 6.54 Å². The largest absolute Gasteiger partial charge is 0.492 e. The second kappa shape index (κ2) is 6.91. The lowest BCUT2D eigenvalue weighted by Crippen LogP contribution is -2.35. The predicted octanol–water partition coefficient (Wildman–Crippen LogP) is 3.60. The topological polar surface area (TPSA) is 57.9 Å². The highest BCUT2D eigenvalue weighted by molar-refractivity contribution is 5.29. The van der Waals surface area contributed by atoms with Gasteiger partial charge in [-0.25, -0.2) is 0 Å². The number of pyridine rings is 1. The number of hydrogen-bond donors (Lipinski definition) is 1. The molecule has 0 radical (unpaired) electrons. The zero-order chi connectivity index (χ0) is 16.1. The first-order valence-corrected chi connectivity index (χ1v) is 7.38. The molecule has 1 aromatic heterocycles. The second-order valence-electron chi connectivity index (χ2n) is 7.10. The second-order valence-corrected chi connectivity index (χ2v) is 7.10. The van der Waals surface area contributed by atoms with Gasteiger partial charge in [0.15, 0.2) is 0 Å². The molecule has 21 heavy (non-hydrogen) atoms. The lowest BCUT2D eigenvalue weighted by atomic mass is 9.92. The number of nitrogens with one attached hydrogen (secondary N) is 1. The maximum atomic E-state index is 9.03. The van der Waals surface area contributed by atoms with Crippen LogP contribution in [-0.4, -0.2) is 17.1 Å². The van der Waals surface area contributed by atoms with Crippen LogP contribution in [0.15, 0.2) is 12.1 Å². The first-order valence-electron chi connectivity index (χ1n) is 7.38. The Morgan fingerprint density at radius 3 is 2.48 bits per heavy atom. The van der Waals surface area contributed by atoms with E-state index in [0.29, 0.717) is 19.6 Å². The molecule has 0 bridgehead atoms. The first kappa shape index (κ1) is 17.5. The van der Waals surface area contributed by atoms with Crippen molar-refractivity contribution in [3.63, 3.8) is 0 Å². The Kier molecular flexibility index (Phi) is 5.74. The molecule has 0 saturated heterocycles. The highest BCUT2D eigenvalue weighted by Crippen LogP contribution is 2.22. The van der Waals surface area contributed by atoms with E-state index in [1.54, 1.807) is 0 Å². The lowest BCUT2D eigenvalue weighted by Gasteiger charge is -2.22. The highest BCUT2D eigenvalue weighted by atomic mass is 16.5. The van der Waals surface area contributed by atoms with Gasteiger partial charge in [0.25, 0.3) is 0 Å². The van der Waals surface area contributed by atoms with Crippen LogP contribution in [0.25, 0.3) is 0 Å². The van der Waals surface area contributed by atoms with Crippen molar-refractivity contribution in [2.45, 2.75) is 60.0 Å². The van der Waals surface area contributed by atoms with Gasteiger partial charge in [-0.05, 0) is 60.1 Å². The third-order valence-electron chi connectivity index (χ3n) is 3.15. The van der Waals surface area contributed by atoms with E-state index in [0.717, 1.165) is 17.1 Å². The summed E-state index contributed by atoms with van der Waals surface area (Å²) < 4.78 is 5.84. The molecule has 116 valence electrons. The van der Waals surface area contributed by atoms with Gasteiger partial charge >= 0.3 is 0 Å². The minimum absolute atomic E-state index is 0.0332. The molecule has 0 fully saturated rings. The molecule has 0 spiro atoms. The van der Waals surface area contributed by atoms with E-state index in [1.165, 1.54) is 0 Å². The van der Waals surface area contributed by atoms with E-state index in [1.807, 2.05) is 32.9 Å². The van der Waals surface area contributed by atoms with Gasteiger partial charge in [-0.15, -0.1) is 0 Å². The zero-order valence-electron chi connectivity index (χ0n) is 14.1. The molecule has 0 aliphatic heterocycles. The molecule has 0 amide bonds. The third kappa shape index (κ3) is 6.59. The van der Waals surface area contributed by atoms with Crippen LogP contribution in [0.2, 0.25) is 0 Å². The molecule has 4 heteroatoms. The van der Waals surface area contributed by atoms with E-state index in [4.69, 9.17) is 10.00 Å². The van der Waals surface area contributed by atoms with E-state index >= 15 is 0 Å². The molecular weight excluding hydrogens is 262 g/mol. The van der Waals surface area contributed by atoms with Crippen LogP contribution in [0.4, 0.5) is 0 Å². The molecule has 1 rings (SSSR count). The standard InChI is InChI=1S/C17H27N3O/c1-13-7-8-15(21-10-9-17(5,6)12-18)14(20-13)11-19-16(2,3)4/h7-8,19H,9-11H2,1-6H3. The van der Waals surface area contributed by atoms with Crippen LogP contribution < -0.4 is 10.1 Å². The van der Waals surface area contributed by atoms with Crippen LogP contribution in [0.3, 0.4) is 0 Å². The molecule has 0 aromatic carbocycles. The van der Waals surface area contributed by atoms with Crippen LogP contribution in [0, 0.1) is 23.7 Å². The number of rotatable bonds is 6. The summed E-state index contributed by atoms with van der Waals surface area (Å²) in [5.41, 5.74) is 1.57. The van der Waals surface area contributed by atoms with Gasteiger partial charge in [0.05, 0.1) is 23.8 Å². The summed E-state index contributed by atoms with van der Waals surface area (Å²) in [7, 11) is 0. The Labute approximate surface area is 128 Å².